The molecule has 10 atom stereocenters. The van der Waals surface area contributed by atoms with Crippen LogP contribution in [0.5, 0.6) is 0 Å². The van der Waals surface area contributed by atoms with Crippen molar-refractivity contribution in [1.82, 2.24) is 10.6 Å². The van der Waals surface area contributed by atoms with E-state index in [4.69, 9.17) is 0 Å². The van der Waals surface area contributed by atoms with Gasteiger partial charge < -0.3 is 20.8 Å². The van der Waals surface area contributed by atoms with E-state index >= 15 is 0 Å². The van der Waals surface area contributed by atoms with Crippen LogP contribution in [0, 0.1) is 45.8 Å². The number of Topliss-reactive ketones (excluding diaryl/α,β-unsaturated/α-hetero) is 1. The van der Waals surface area contributed by atoms with Gasteiger partial charge in [0.25, 0.3) is 0 Å². The zero-order valence-electron chi connectivity index (χ0n) is 23.8. The lowest BCUT2D eigenvalue weighted by atomic mass is 9.39. The molecule has 0 aromatic carbocycles. The van der Waals surface area contributed by atoms with E-state index in [9.17, 15) is 24.6 Å². The molecule has 0 saturated heterocycles. The van der Waals surface area contributed by atoms with Crippen LogP contribution in [-0.2, 0) is 14.4 Å². The lowest BCUT2D eigenvalue weighted by Crippen LogP contribution is -2.66. The van der Waals surface area contributed by atoms with Crippen LogP contribution < -0.4 is 10.6 Å². The molecule has 4 fully saturated rings. The van der Waals surface area contributed by atoms with Gasteiger partial charge in [-0.3, -0.25) is 14.4 Å². The molecular formula is C30H50N2O5. The van der Waals surface area contributed by atoms with E-state index in [1.165, 1.54) is 0 Å². The van der Waals surface area contributed by atoms with Crippen LogP contribution in [0.4, 0.5) is 0 Å². The molecule has 4 N–H and O–H groups in total. The van der Waals surface area contributed by atoms with Crippen molar-refractivity contribution in [2.45, 2.75) is 118 Å². The van der Waals surface area contributed by atoms with Crippen LogP contribution >= 0.6 is 0 Å². The number of hydrogen-bond donors (Lipinski definition) is 4. The van der Waals surface area contributed by atoms with E-state index in [2.05, 4.69) is 38.3 Å². The van der Waals surface area contributed by atoms with Crippen molar-refractivity contribution in [1.29, 1.82) is 0 Å². The zero-order chi connectivity index (χ0) is 27.3. The molecule has 0 heterocycles. The predicted molar refractivity (Wildman–Crippen MR) is 142 cm³/mol. The molecule has 7 nitrogen and oxygen atoms in total. The third-order valence-corrected chi connectivity index (χ3v) is 11.9. The molecule has 0 unspecified atom stereocenters. The van der Waals surface area contributed by atoms with Crippen LogP contribution in [0.15, 0.2) is 0 Å². The third kappa shape index (κ3) is 4.77. The first-order valence-electron chi connectivity index (χ1n) is 14.7. The Morgan fingerprint density at radius 1 is 1.05 bits per heavy atom. The Morgan fingerprint density at radius 2 is 1.76 bits per heavy atom. The molecule has 4 aliphatic carbocycles. The number of ketones is 1. The quantitative estimate of drug-likeness (QED) is 0.411. The van der Waals surface area contributed by atoms with E-state index in [0.717, 1.165) is 19.3 Å². The smallest absolute Gasteiger partial charge is 0.239 e. The Labute approximate surface area is 222 Å². The highest BCUT2D eigenvalue weighted by molar-refractivity contribution is 5.84. The van der Waals surface area contributed by atoms with Crippen molar-refractivity contribution in [3.63, 3.8) is 0 Å². The highest BCUT2D eigenvalue weighted by atomic mass is 16.3. The summed E-state index contributed by atoms with van der Waals surface area (Å²) < 4.78 is 0. The molecule has 210 valence electrons. The SMILES string of the molecule is CC(C)NC(=O)CNC(=O)CC[C@H](C)[C@@H]1CC[C@]2(C)[C@@H]3[C@@H](C[C@@H](O)[C@@]12C)[C@]1(C)CCC(=O)C[C@@H]1C[C@@H]3O. The molecule has 4 aliphatic rings. The van der Waals surface area contributed by atoms with E-state index in [-0.39, 0.29) is 70.2 Å². The Hall–Kier alpha value is -1.47. The number of aliphatic hydroxyl groups is 2. The van der Waals surface area contributed by atoms with Crippen LogP contribution in [0.2, 0.25) is 0 Å². The number of rotatable bonds is 7. The Morgan fingerprint density at radius 3 is 2.43 bits per heavy atom. The van der Waals surface area contributed by atoms with Gasteiger partial charge in [-0.2, -0.15) is 0 Å². The number of nitrogens with one attached hydrogen (secondary N) is 2. The molecular weight excluding hydrogens is 468 g/mol. The first kappa shape index (κ1) is 28.5. The van der Waals surface area contributed by atoms with Crippen molar-refractivity contribution in [2.24, 2.45) is 45.8 Å². The van der Waals surface area contributed by atoms with Crippen LogP contribution in [0.25, 0.3) is 0 Å². The summed E-state index contributed by atoms with van der Waals surface area (Å²) in [5.74, 6) is 1.08. The molecule has 0 spiro atoms. The molecule has 37 heavy (non-hydrogen) atoms. The summed E-state index contributed by atoms with van der Waals surface area (Å²) in [5, 5.41) is 28.9. The number of hydrogen-bond acceptors (Lipinski definition) is 5. The van der Waals surface area contributed by atoms with Gasteiger partial charge >= 0.3 is 0 Å². The van der Waals surface area contributed by atoms with E-state index in [1.807, 2.05) is 13.8 Å². The normalized spacial score (nSPS) is 44.0. The van der Waals surface area contributed by atoms with Crippen molar-refractivity contribution in [3.8, 4) is 0 Å². The summed E-state index contributed by atoms with van der Waals surface area (Å²) in [5.41, 5.74) is -0.539. The fourth-order valence-corrected chi connectivity index (χ4v) is 9.63. The molecule has 0 aliphatic heterocycles. The first-order chi connectivity index (χ1) is 17.2. The van der Waals surface area contributed by atoms with E-state index in [0.29, 0.717) is 44.3 Å². The summed E-state index contributed by atoms with van der Waals surface area (Å²) >= 11 is 0. The van der Waals surface area contributed by atoms with Crippen molar-refractivity contribution in [3.05, 3.63) is 0 Å². The van der Waals surface area contributed by atoms with Gasteiger partial charge in [0, 0.05) is 30.7 Å². The van der Waals surface area contributed by atoms with Crippen molar-refractivity contribution >= 4 is 17.6 Å². The Kier molecular flexibility index (Phi) is 7.91. The highest BCUT2D eigenvalue weighted by Crippen LogP contribution is 2.73. The molecule has 7 heteroatoms. The summed E-state index contributed by atoms with van der Waals surface area (Å²) in [6, 6.07) is 0.0418. The van der Waals surface area contributed by atoms with Crippen molar-refractivity contribution in [2.75, 3.05) is 6.54 Å². The molecule has 0 aromatic heterocycles. The summed E-state index contributed by atoms with van der Waals surface area (Å²) in [6.07, 6.45) is 5.54. The number of carbonyl (C=O) groups excluding carboxylic acids is 3. The van der Waals surface area contributed by atoms with Gasteiger partial charge in [-0.1, -0.05) is 27.7 Å². The van der Waals surface area contributed by atoms with Gasteiger partial charge in [0.05, 0.1) is 18.8 Å². The second-order valence-corrected chi connectivity index (χ2v) is 14.0. The minimum Gasteiger partial charge on any atom is -0.393 e. The average molecular weight is 519 g/mol. The fourth-order valence-electron chi connectivity index (χ4n) is 9.63. The van der Waals surface area contributed by atoms with Crippen LogP contribution in [0.1, 0.15) is 99.3 Å². The maximum atomic E-state index is 12.5. The molecule has 0 aromatic rings. The maximum absolute atomic E-state index is 12.5. The minimum atomic E-state index is -0.470. The third-order valence-electron chi connectivity index (χ3n) is 11.9. The average Bonchev–Trinajstić information content (AvgIpc) is 3.10. The van der Waals surface area contributed by atoms with Gasteiger partial charge in [-0.25, -0.2) is 0 Å². The predicted octanol–water partition coefficient (Wildman–Crippen LogP) is 3.60. The van der Waals surface area contributed by atoms with Gasteiger partial charge in [-0.05, 0) is 92.8 Å². The van der Waals surface area contributed by atoms with Gasteiger partial charge in [0.1, 0.15) is 5.78 Å². The standard InChI is InChI=1S/C30H50N2O5/c1-17(2)32-26(37)16-31-25(36)8-7-18(3)21-10-12-29(5)27-22(15-24(35)30(21,29)6)28(4)11-9-20(33)13-19(28)14-23(27)34/h17-19,21-24,27,34-35H,7-16H2,1-6H3,(H,31,36)(H,32,37)/t18-,19+,21-,22+,23-,24+,27+,28+,29+,30+/m0/s1. The van der Waals surface area contributed by atoms with Crippen LogP contribution in [-0.4, -0.2) is 52.6 Å². The summed E-state index contributed by atoms with van der Waals surface area (Å²) in [6.45, 7) is 12.8. The second-order valence-electron chi connectivity index (χ2n) is 14.0. The minimum absolute atomic E-state index is 0.00433. The topological polar surface area (TPSA) is 116 Å². The van der Waals surface area contributed by atoms with E-state index in [1.54, 1.807) is 0 Å². The van der Waals surface area contributed by atoms with Gasteiger partial charge in [0.2, 0.25) is 11.8 Å². The molecule has 0 radical (unpaired) electrons. The molecule has 0 bridgehead atoms. The number of aliphatic hydroxyl groups excluding tert-OH is 2. The highest BCUT2D eigenvalue weighted by Gasteiger charge is 2.70. The number of amides is 2. The van der Waals surface area contributed by atoms with Crippen LogP contribution in [0.3, 0.4) is 0 Å². The molecule has 4 rings (SSSR count). The van der Waals surface area contributed by atoms with Crippen molar-refractivity contribution < 1.29 is 24.6 Å². The lowest BCUT2D eigenvalue weighted by Gasteiger charge is -2.67. The summed E-state index contributed by atoms with van der Waals surface area (Å²) in [4.78, 5) is 36.6. The Balaban J connectivity index is 1.46. The monoisotopic (exact) mass is 518 g/mol. The number of carbonyl (C=O) groups is 3. The molecule has 4 saturated carbocycles. The van der Waals surface area contributed by atoms with Gasteiger partial charge in [-0.15, -0.1) is 0 Å². The summed E-state index contributed by atoms with van der Waals surface area (Å²) in [7, 11) is 0. The van der Waals surface area contributed by atoms with E-state index < -0.39 is 12.2 Å². The lowest BCUT2D eigenvalue weighted by molar-refractivity contribution is -0.235. The largest absolute Gasteiger partial charge is 0.393 e. The zero-order valence-corrected chi connectivity index (χ0v) is 23.8. The second kappa shape index (κ2) is 10.3. The van der Waals surface area contributed by atoms with Gasteiger partial charge in [0.15, 0.2) is 0 Å². The number of fused-ring (bicyclic) bond motifs is 5. The first-order valence-corrected chi connectivity index (χ1v) is 14.7. The fraction of sp³-hybridized carbons (Fsp3) is 0.900. The Bertz CT molecular complexity index is 906. The maximum Gasteiger partial charge on any atom is 0.239 e. The molecule has 2 amide bonds.